The molecule has 1 aliphatic heterocycles. The van der Waals surface area contributed by atoms with Gasteiger partial charge in [-0.05, 0) is 11.1 Å². The first kappa shape index (κ1) is 24.2. The molecule has 0 amide bonds. The van der Waals surface area contributed by atoms with E-state index < -0.39 is 53.5 Å². The Morgan fingerprint density at radius 1 is 0.667 bits per heavy atom. The highest BCUT2D eigenvalue weighted by atomic mass is 19.4. The Morgan fingerprint density at radius 3 is 1.40 bits per heavy atom. The minimum atomic E-state index is -7.96. The molecule has 1 aliphatic rings. The van der Waals surface area contributed by atoms with Gasteiger partial charge in [-0.3, -0.25) is 4.99 Å². The highest BCUT2D eigenvalue weighted by Crippen LogP contribution is 2.64. The summed E-state index contributed by atoms with van der Waals surface area (Å²) in [6.45, 7) is -0.669. The Hall–Kier alpha value is -2.06. The fraction of sp³-hybridized carbons (Fsp3) is 0.533. The molecule has 170 valence electrons. The van der Waals surface area contributed by atoms with Gasteiger partial charge in [-0.1, -0.05) is 24.3 Å². The third-order valence-electron chi connectivity index (χ3n) is 4.38. The van der Waals surface area contributed by atoms with Gasteiger partial charge in [0.05, 0.1) is 6.61 Å². The zero-order chi connectivity index (χ0) is 23.6. The van der Waals surface area contributed by atoms with E-state index in [1.54, 1.807) is 0 Å². The highest BCUT2D eigenvalue weighted by Gasteiger charge is 2.93. The second kappa shape index (κ2) is 6.47. The maximum atomic E-state index is 14.4. The molecule has 1 aromatic rings. The van der Waals surface area contributed by atoms with Crippen molar-refractivity contribution in [1.82, 2.24) is 0 Å². The maximum absolute atomic E-state index is 14.4. The van der Waals surface area contributed by atoms with Crippen LogP contribution in [0.4, 0.5) is 57.1 Å². The lowest BCUT2D eigenvalue weighted by molar-refractivity contribution is -0.441. The van der Waals surface area contributed by atoms with E-state index in [2.05, 4.69) is 4.99 Å². The molecule has 0 saturated heterocycles. The number of benzene rings is 1. The quantitative estimate of drug-likeness (QED) is 0.552. The van der Waals surface area contributed by atoms with Crippen molar-refractivity contribution in [3.05, 3.63) is 35.4 Å². The predicted molar refractivity (Wildman–Crippen MR) is 73.3 cm³/mol. The molecule has 0 fully saturated rings. The van der Waals surface area contributed by atoms with Crippen molar-refractivity contribution < 1.29 is 62.2 Å². The fourth-order valence-corrected chi connectivity index (χ4v) is 2.43. The molecule has 1 heterocycles. The average Bonchev–Trinajstić information content (AvgIpc) is 3.42. The monoisotopic (exact) mass is 465 g/mol. The second-order valence-electron chi connectivity index (χ2n) is 6.25. The summed E-state index contributed by atoms with van der Waals surface area (Å²) < 4.78 is 173. The number of rotatable bonds is 7. The lowest BCUT2D eigenvalue weighted by Gasteiger charge is -2.41. The van der Waals surface area contributed by atoms with Crippen molar-refractivity contribution in [3.8, 4) is 0 Å². The number of aliphatic hydroxyl groups is 1. The zero-order valence-corrected chi connectivity index (χ0v) is 13.9. The number of alkyl halides is 13. The molecule has 30 heavy (non-hydrogen) atoms. The molecule has 0 spiro atoms. The third kappa shape index (κ3) is 2.87. The summed E-state index contributed by atoms with van der Waals surface area (Å²) in [7, 11) is 0. The van der Waals surface area contributed by atoms with Crippen molar-refractivity contribution in [2.75, 3.05) is 0 Å². The van der Waals surface area contributed by atoms with Crippen LogP contribution in [0.2, 0.25) is 0 Å². The Labute approximate surface area is 158 Å². The zero-order valence-electron chi connectivity index (χ0n) is 13.9. The van der Waals surface area contributed by atoms with E-state index >= 15 is 0 Å². The highest BCUT2D eigenvalue weighted by molar-refractivity contribution is 5.88. The van der Waals surface area contributed by atoms with E-state index in [1.165, 1.54) is 0 Å². The molecule has 15 heteroatoms. The Balaban J connectivity index is 2.56. The fourth-order valence-electron chi connectivity index (χ4n) is 2.43. The molecule has 1 aromatic carbocycles. The van der Waals surface area contributed by atoms with Crippen LogP contribution >= 0.6 is 0 Å². The van der Waals surface area contributed by atoms with Gasteiger partial charge in [-0.2, -0.15) is 57.1 Å². The number of aliphatic hydroxyl groups excluding tert-OH is 1. The van der Waals surface area contributed by atoms with Gasteiger partial charge in [0.25, 0.3) is 0 Å². The SMILES string of the molecule is OCc1ccc(C2(C(F)(F)C(F)(F)C(F)(F)C(F)(F)C(F)(F)C(F)(F)F)C=N2)cc1. The number of hydrogen-bond donors (Lipinski definition) is 1. The normalized spacial score (nSPS) is 21.1. The van der Waals surface area contributed by atoms with E-state index in [-0.39, 0.29) is 11.8 Å². The number of halogens is 13. The van der Waals surface area contributed by atoms with Crippen LogP contribution in [0.25, 0.3) is 0 Å². The summed E-state index contributed by atoms with van der Waals surface area (Å²) >= 11 is 0. The molecular formula is C15H8F13NO. The minimum Gasteiger partial charge on any atom is -0.392 e. The molecule has 0 aliphatic carbocycles. The summed E-state index contributed by atoms with van der Waals surface area (Å²) in [6, 6.07) is 2.83. The summed E-state index contributed by atoms with van der Waals surface area (Å²) in [5, 5.41) is 8.83. The van der Waals surface area contributed by atoms with Crippen LogP contribution in [-0.4, -0.2) is 47.1 Å². The molecule has 1 N–H and O–H groups in total. The summed E-state index contributed by atoms with van der Waals surface area (Å²) in [5.74, 6) is -37.4. The Kier molecular flexibility index (Phi) is 5.22. The largest absolute Gasteiger partial charge is 0.460 e. The second-order valence-corrected chi connectivity index (χ2v) is 6.25. The van der Waals surface area contributed by atoms with E-state index in [0.29, 0.717) is 12.1 Å². The van der Waals surface area contributed by atoms with Crippen molar-refractivity contribution in [2.45, 2.75) is 47.9 Å². The maximum Gasteiger partial charge on any atom is 0.460 e. The van der Waals surface area contributed by atoms with Crippen molar-refractivity contribution in [1.29, 1.82) is 0 Å². The summed E-state index contributed by atoms with van der Waals surface area (Å²) in [6.07, 6.45) is -7.54. The molecular weight excluding hydrogens is 457 g/mol. The van der Waals surface area contributed by atoms with Gasteiger partial charge in [0.2, 0.25) is 0 Å². The van der Waals surface area contributed by atoms with Crippen molar-refractivity contribution in [3.63, 3.8) is 0 Å². The molecule has 0 radical (unpaired) electrons. The van der Waals surface area contributed by atoms with Gasteiger partial charge in [-0.25, -0.2) is 0 Å². The van der Waals surface area contributed by atoms with Gasteiger partial charge >= 0.3 is 35.8 Å². The number of nitrogens with zero attached hydrogens (tertiary/aromatic N) is 1. The van der Waals surface area contributed by atoms with Crippen LogP contribution in [0.3, 0.4) is 0 Å². The van der Waals surface area contributed by atoms with Gasteiger partial charge in [0.1, 0.15) is 0 Å². The van der Waals surface area contributed by atoms with Gasteiger partial charge in [0, 0.05) is 6.21 Å². The van der Waals surface area contributed by atoms with Crippen LogP contribution in [-0.2, 0) is 12.1 Å². The molecule has 1 atom stereocenters. The standard InChI is InChI=1S/C15H8F13NO/c16-10(17,9(6-29-9)8-3-1-7(5-30)2-4-8)11(18,19)12(20,21)13(22,23)14(24,25)15(26,27)28/h1-4,6,30H,5H2. The van der Waals surface area contributed by atoms with Gasteiger partial charge in [0.15, 0.2) is 5.54 Å². The molecule has 2 rings (SSSR count). The lowest BCUT2D eigenvalue weighted by Crippen LogP contribution is -2.72. The topological polar surface area (TPSA) is 32.6 Å². The van der Waals surface area contributed by atoms with Crippen LogP contribution in [0.1, 0.15) is 11.1 Å². The first-order valence-corrected chi connectivity index (χ1v) is 7.47. The molecule has 0 bridgehead atoms. The minimum absolute atomic E-state index is 0.0197. The van der Waals surface area contributed by atoms with E-state index in [4.69, 9.17) is 5.11 Å². The van der Waals surface area contributed by atoms with Crippen LogP contribution < -0.4 is 0 Å². The molecule has 0 saturated carbocycles. The van der Waals surface area contributed by atoms with E-state index in [0.717, 1.165) is 12.1 Å². The summed E-state index contributed by atoms with van der Waals surface area (Å²) in [5.41, 5.74) is -4.69. The number of hydrogen-bond acceptors (Lipinski definition) is 2. The lowest BCUT2D eigenvalue weighted by atomic mass is 9.82. The van der Waals surface area contributed by atoms with Crippen LogP contribution in [0, 0.1) is 0 Å². The van der Waals surface area contributed by atoms with E-state index in [1.807, 2.05) is 0 Å². The first-order chi connectivity index (χ1) is 13.2. The van der Waals surface area contributed by atoms with E-state index in [9.17, 15) is 57.1 Å². The Bertz CT molecular complexity index is 820. The Morgan fingerprint density at radius 2 is 1.07 bits per heavy atom. The summed E-state index contributed by atoms with van der Waals surface area (Å²) in [4.78, 5) is 2.70. The number of aliphatic imine (C=N–C) groups is 1. The average molecular weight is 465 g/mol. The van der Waals surface area contributed by atoms with Crippen molar-refractivity contribution >= 4 is 6.21 Å². The first-order valence-electron chi connectivity index (χ1n) is 7.47. The van der Waals surface area contributed by atoms with Gasteiger partial charge < -0.3 is 5.11 Å². The molecule has 2 nitrogen and oxygen atoms in total. The smallest absolute Gasteiger partial charge is 0.392 e. The molecule has 1 unspecified atom stereocenters. The van der Waals surface area contributed by atoms with Crippen LogP contribution in [0.5, 0.6) is 0 Å². The third-order valence-corrected chi connectivity index (χ3v) is 4.38. The predicted octanol–water partition coefficient (Wildman–Crippen LogP) is 5.20. The molecule has 0 aromatic heterocycles. The van der Waals surface area contributed by atoms with Crippen LogP contribution in [0.15, 0.2) is 29.3 Å². The van der Waals surface area contributed by atoms with Crippen molar-refractivity contribution in [2.24, 2.45) is 4.99 Å². The van der Waals surface area contributed by atoms with Gasteiger partial charge in [-0.15, -0.1) is 0 Å².